The van der Waals surface area contributed by atoms with Crippen molar-refractivity contribution >= 4 is 27.5 Å². The lowest BCUT2D eigenvalue weighted by Gasteiger charge is -2.31. The van der Waals surface area contributed by atoms with Gasteiger partial charge in [0.15, 0.2) is 0 Å². The van der Waals surface area contributed by atoms with Crippen molar-refractivity contribution in [2.75, 3.05) is 20.2 Å². The molecule has 0 spiro atoms. The van der Waals surface area contributed by atoms with Gasteiger partial charge in [-0.15, -0.1) is 0 Å². The van der Waals surface area contributed by atoms with E-state index in [1.165, 1.54) is 11.4 Å². The average Bonchev–Trinajstić information content (AvgIpc) is 2.68. The number of carbonyl (C=O) groups excluding carboxylic acids is 1. The second-order valence-electron chi connectivity index (χ2n) is 6.81. The number of nitrogens with one attached hydrogen (secondary N) is 1. The normalized spacial score (nSPS) is 16.0. The molecule has 0 unspecified atom stereocenters. The van der Waals surface area contributed by atoms with Crippen molar-refractivity contribution in [1.82, 2.24) is 9.62 Å². The number of methoxy groups -OCH3 is 1. The molecule has 6 nitrogen and oxygen atoms in total. The number of amides is 1. The zero-order valence-electron chi connectivity index (χ0n) is 15.8. The molecule has 8 heteroatoms. The Kier molecular flexibility index (Phi) is 6.27. The molecule has 1 aliphatic rings. The summed E-state index contributed by atoms with van der Waals surface area (Å²) in [6, 6.07) is 11.6. The number of ether oxygens (including phenoxy) is 1. The van der Waals surface area contributed by atoms with Gasteiger partial charge in [-0.2, -0.15) is 4.31 Å². The number of benzene rings is 2. The first-order valence-electron chi connectivity index (χ1n) is 9.02. The van der Waals surface area contributed by atoms with Crippen LogP contribution in [0.2, 0.25) is 5.02 Å². The second kappa shape index (κ2) is 8.51. The van der Waals surface area contributed by atoms with Crippen molar-refractivity contribution in [3.05, 3.63) is 58.6 Å². The first-order valence-corrected chi connectivity index (χ1v) is 10.8. The van der Waals surface area contributed by atoms with Crippen LogP contribution in [-0.4, -0.2) is 44.9 Å². The minimum absolute atomic E-state index is 0.111. The fourth-order valence-electron chi connectivity index (χ4n) is 3.22. The van der Waals surface area contributed by atoms with E-state index in [-0.39, 0.29) is 11.9 Å². The van der Waals surface area contributed by atoms with E-state index < -0.39 is 10.0 Å². The zero-order valence-corrected chi connectivity index (χ0v) is 17.4. The summed E-state index contributed by atoms with van der Waals surface area (Å²) in [5, 5.41) is 3.41. The first-order chi connectivity index (χ1) is 13.3. The van der Waals surface area contributed by atoms with Crippen molar-refractivity contribution in [3.63, 3.8) is 0 Å². The van der Waals surface area contributed by atoms with E-state index in [0.717, 1.165) is 5.56 Å². The van der Waals surface area contributed by atoms with Gasteiger partial charge in [0.2, 0.25) is 10.0 Å². The van der Waals surface area contributed by atoms with Gasteiger partial charge in [0.1, 0.15) is 5.75 Å². The van der Waals surface area contributed by atoms with E-state index >= 15 is 0 Å². The molecule has 0 aromatic heterocycles. The van der Waals surface area contributed by atoms with Crippen LogP contribution in [0.15, 0.2) is 47.4 Å². The van der Waals surface area contributed by atoms with E-state index in [9.17, 15) is 13.2 Å². The number of aryl methyl sites for hydroxylation is 1. The quantitative estimate of drug-likeness (QED) is 0.802. The molecule has 3 rings (SSSR count). The van der Waals surface area contributed by atoms with E-state index in [1.54, 1.807) is 42.5 Å². The Morgan fingerprint density at radius 3 is 2.39 bits per heavy atom. The predicted molar refractivity (Wildman–Crippen MR) is 108 cm³/mol. The Labute approximate surface area is 170 Å². The van der Waals surface area contributed by atoms with Gasteiger partial charge in [-0.1, -0.05) is 29.3 Å². The Morgan fingerprint density at radius 2 is 1.79 bits per heavy atom. The van der Waals surface area contributed by atoms with Crippen LogP contribution in [0.5, 0.6) is 5.75 Å². The summed E-state index contributed by atoms with van der Waals surface area (Å²) in [7, 11) is -2.02. The summed E-state index contributed by atoms with van der Waals surface area (Å²) in [4.78, 5) is 12.9. The molecule has 1 heterocycles. The Hall–Kier alpha value is -2.09. The molecule has 1 N–H and O–H groups in total. The van der Waals surface area contributed by atoms with E-state index in [1.807, 2.05) is 6.92 Å². The number of hydrogen-bond donors (Lipinski definition) is 1. The van der Waals surface area contributed by atoms with Crippen LogP contribution >= 0.6 is 11.6 Å². The summed E-state index contributed by atoms with van der Waals surface area (Å²) in [5.74, 6) is 0.167. The number of sulfonamides is 1. The lowest BCUT2D eigenvalue weighted by molar-refractivity contribution is 0.0921. The fraction of sp³-hybridized carbons (Fsp3) is 0.350. The Balaban J connectivity index is 1.63. The fourth-order valence-corrected chi connectivity index (χ4v) is 4.86. The van der Waals surface area contributed by atoms with Crippen LogP contribution in [0.3, 0.4) is 0 Å². The van der Waals surface area contributed by atoms with E-state index in [0.29, 0.717) is 47.2 Å². The molecule has 0 saturated carbocycles. The summed E-state index contributed by atoms with van der Waals surface area (Å²) in [5.41, 5.74) is 1.38. The van der Waals surface area contributed by atoms with E-state index in [4.69, 9.17) is 16.3 Å². The molecule has 0 radical (unpaired) electrons. The predicted octanol–water partition coefficient (Wildman–Crippen LogP) is 3.24. The van der Waals surface area contributed by atoms with Gasteiger partial charge >= 0.3 is 0 Å². The highest BCUT2D eigenvalue weighted by Gasteiger charge is 2.30. The number of carbonyl (C=O) groups is 1. The van der Waals surface area contributed by atoms with Gasteiger partial charge in [-0.3, -0.25) is 4.79 Å². The maximum atomic E-state index is 12.8. The molecule has 1 aliphatic heterocycles. The Bertz CT molecular complexity index is 953. The van der Waals surface area contributed by atoms with E-state index in [2.05, 4.69) is 5.32 Å². The molecule has 2 aromatic rings. The molecular formula is C20H23ClN2O4S. The lowest BCUT2D eigenvalue weighted by atomic mass is 10.1. The summed E-state index contributed by atoms with van der Waals surface area (Å²) >= 11 is 5.99. The van der Waals surface area contributed by atoms with Crippen LogP contribution in [0.25, 0.3) is 0 Å². The number of piperidine rings is 1. The molecule has 0 aliphatic carbocycles. The third kappa shape index (κ3) is 4.48. The van der Waals surface area contributed by atoms with Gasteiger partial charge in [0.25, 0.3) is 5.91 Å². The Morgan fingerprint density at radius 1 is 1.14 bits per heavy atom. The van der Waals surface area contributed by atoms with Crippen LogP contribution in [0.1, 0.15) is 28.8 Å². The molecule has 2 aromatic carbocycles. The maximum absolute atomic E-state index is 12.8. The van der Waals surface area contributed by atoms with Crippen LogP contribution in [-0.2, 0) is 10.0 Å². The highest BCUT2D eigenvalue weighted by atomic mass is 35.5. The van der Waals surface area contributed by atoms with Crippen molar-refractivity contribution in [2.24, 2.45) is 0 Å². The number of rotatable bonds is 5. The monoisotopic (exact) mass is 422 g/mol. The molecule has 150 valence electrons. The third-order valence-electron chi connectivity index (χ3n) is 4.85. The largest absolute Gasteiger partial charge is 0.496 e. The average molecular weight is 423 g/mol. The molecular weight excluding hydrogens is 400 g/mol. The molecule has 0 atom stereocenters. The zero-order chi connectivity index (χ0) is 20.3. The molecule has 1 fully saturated rings. The van der Waals surface area contributed by atoms with Crippen molar-refractivity contribution < 1.29 is 17.9 Å². The maximum Gasteiger partial charge on any atom is 0.255 e. The second-order valence-corrected chi connectivity index (χ2v) is 9.18. The minimum Gasteiger partial charge on any atom is -0.496 e. The van der Waals surface area contributed by atoms with Crippen molar-refractivity contribution in [2.45, 2.75) is 30.7 Å². The standard InChI is InChI=1S/C20H23ClN2O4S/c1-14-3-6-17(7-4-14)28(25,26)23-11-9-16(10-12-23)22-20(24)18-13-15(21)5-8-19(18)27-2/h3-8,13,16H,9-12H2,1-2H3,(H,22,24). The third-order valence-corrected chi connectivity index (χ3v) is 7.00. The number of nitrogens with zero attached hydrogens (tertiary/aromatic N) is 1. The van der Waals surface area contributed by atoms with Gasteiger partial charge < -0.3 is 10.1 Å². The SMILES string of the molecule is COc1ccc(Cl)cc1C(=O)NC1CCN(S(=O)(=O)c2ccc(C)cc2)CC1. The summed E-state index contributed by atoms with van der Waals surface area (Å²) in [6.07, 6.45) is 1.08. The van der Waals surface area contributed by atoms with Gasteiger partial charge in [0.05, 0.1) is 17.6 Å². The summed E-state index contributed by atoms with van der Waals surface area (Å²) < 4.78 is 32.2. The number of hydrogen-bond acceptors (Lipinski definition) is 4. The summed E-state index contributed by atoms with van der Waals surface area (Å²) in [6.45, 7) is 2.63. The van der Waals surface area contributed by atoms with Crippen molar-refractivity contribution in [3.8, 4) is 5.75 Å². The van der Waals surface area contributed by atoms with Crippen LogP contribution < -0.4 is 10.1 Å². The number of halogens is 1. The molecule has 28 heavy (non-hydrogen) atoms. The van der Waals surface area contributed by atoms with Crippen molar-refractivity contribution in [1.29, 1.82) is 0 Å². The van der Waals surface area contributed by atoms with Gasteiger partial charge in [-0.25, -0.2) is 8.42 Å². The highest BCUT2D eigenvalue weighted by Crippen LogP contribution is 2.24. The van der Waals surface area contributed by atoms with Gasteiger partial charge in [-0.05, 0) is 50.1 Å². The minimum atomic E-state index is -3.52. The van der Waals surface area contributed by atoms with Crippen LogP contribution in [0.4, 0.5) is 0 Å². The first kappa shape index (κ1) is 20.6. The lowest BCUT2D eigenvalue weighted by Crippen LogP contribution is -2.46. The highest BCUT2D eigenvalue weighted by molar-refractivity contribution is 7.89. The molecule has 1 saturated heterocycles. The van der Waals surface area contributed by atoms with Crippen LogP contribution in [0, 0.1) is 6.92 Å². The smallest absolute Gasteiger partial charge is 0.255 e. The molecule has 0 bridgehead atoms. The van der Waals surface area contributed by atoms with Gasteiger partial charge in [0, 0.05) is 24.2 Å². The molecule has 1 amide bonds. The topological polar surface area (TPSA) is 75.7 Å².